The molecule has 0 saturated heterocycles. The largest absolute Gasteiger partial charge is 0.445 e. The number of nitrogens with one attached hydrogen (secondary N) is 4. The topological polar surface area (TPSA) is 146 Å². The number of amides is 4. The van der Waals surface area contributed by atoms with E-state index in [0.29, 0.717) is 31.7 Å². The second kappa shape index (κ2) is 20.9. The fourth-order valence-corrected chi connectivity index (χ4v) is 5.71. The summed E-state index contributed by atoms with van der Waals surface area (Å²) in [6.45, 7) is 10.5. The summed E-state index contributed by atoms with van der Waals surface area (Å²) in [4.78, 5) is 53.5. The van der Waals surface area contributed by atoms with Crippen molar-refractivity contribution in [2.24, 2.45) is 11.8 Å². The molecule has 50 heavy (non-hydrogen) atoms. The first kappa shape index (κ1) is 40.0. The second-order valence-electron chi connectivity index (χ2n) is 13.3. The molecule has 0 spiro atoms. The summed E-state index contributed by atoms with van der Waals surface area (Å²) < 4.78 is 5.47. The van der Waals surface area contributed by atoms with Crippen LogP contribution in [-0.2, 0) is 32.1 Å². The summed E-state index contributed by atoms with van der Waals surface area (Å²) in [6, 6.07) is 20.2. The van der Waals surface area contributed by atoms with Crippen molar-refractivity contribution >= 4 is 34.6 Å². The molecule has 6 atom stereocenters. The number of unbranched alkanes of at least 4 members (excludes halogenated alkanes) is 1. The van der Waals surface area contributed by atoms with E-state index in [-0.39, 0.29) is 31.3 Å². The van der Waals surface area contributed by atoms with Crippen molar-refractivity contribution in [3.8, 4) is 0 Å². The van der Waals surface area contributed by atoms with Gasteiger partial charge >= 0.3 is 6.09 Å². The molecule has 4 amide bonds. The quantitative estimate of drug-likeness (QED) is 0.102. The molecular weight excluding hydrogens is 632 g/mol. The molecule has 0 aliphatic rings. The molecule has 272 valence electrons. The maximum atomic E-state index is 14.0. The molecule has 3 aromatic rings. The minimum atomic E-state index is -1.12. The number of carbonyl (C=O) groups excluding carboxylic acids is 4. The zero-order valence-corrected chi connectivity index (χ0v) is 30.2. The number of aliphatic hydroxyl groups is 1. The molecule has 0 heterocycles. The highest BCUT2D eigenvalue weighted by atomic mass is 16.5. The molecule has 10 nitrogen and oxygen atoms in total. The van der Waals surface area contributed by atoms with Crippen LogP contribution in [0.1, 0.15) is 84.3 Å². The highest BCUT2D eigenvalue weighted by Gasteiger charge is 2.32. The van der Waals surface area contributed by atoms with Gasteiger partial charge in [-0.2, -0.15) is 0 Å². The summed E-state index contributed by atoms with van der Waals surface area (Å²) in [5, 5.41) is 24.6. The fraction of sp³-hybridized carbons (Fsp3) is 0.500. The van der Waals surface area contributed by atoms with Crippen molar-refractivity contribution in [3.05, 3.63) is 83.9 Å². The van der Waals surface area contributed by atoms with Crippen molar-refractivity contribution in [2.75, 3.05) is 6.54 Å². The Balaban J connectivity index is 1.80. The van der Waals surface area contributed by atoms with E-state index in [1.807, 2.05) is 107 Å². The van der Waals surface area contributed by atoms with Gasteiger partial charge in [0.25, 0.3) is 0 Å². The van der Waals surface area contributed by atoms with Crippen molar-refractivity contribution in [1.82, 2.24) is 21.3 Å². The fourth-order valence-electron chi connectivity index (χ4n) is 5.71. The minimum Gasteiger partial charge on any atom is -0.445 e. The molecule has 0 radical (unpaired) electrons. The molecule has 0 aromatic heterocycles. The lowest BCUT2D eigenvalue weighted by Gasteiger charge is -2.31. The molecule has 0 aliphatic heterocycles. The van der Waals surface area contributed by atoms with Gasteiger partial charge < -0.3 is 31.1 Å². The first-order valence-electron chi connectivity index (χ1n) is 18.0. The number of rotatable bonds is 20. The van der Waals surface area contributed by atoms with Gasteiger partial charge in [0, 0.05) is 13.0 Å². The van der Waals surface area contributed by atoms with Gasteiger partial charge in [-0.1, -0.05) is 133 Å². The van der Waals surface area contributed by atoms with Crippen LogP contribution in [0.5, 0.6) is 0 Å². The second-order valence-corrected chi connectivity index (χ2v) is 13.3. The van der Waals surface area contributed by atoms with Gasteiger partial charge in [0.2, 0.25) is 17.7 Å². The Morgan fingerprint density at radius 1 is 0.780 bits per heavy atom. The van der Waals surface area contributed by atoms with Crippen LogP contribution in [0.4, 0.5) is 4.79 Å². The van der Waals surface area contributed by atoms with Crippen LogP contribution in [0.3, 0.4) is 0 Å². The monoisotopic (exact) mass is 688 g/mol. The lowest BCUT2D eigenvalue weighted by Crippen LogP contribution is -2.57. The van der Waals surface area contributed by atoms with Crippen LogP contribution >= 0.6 is 0 Å². The summed E-state index contributed by atoms with van der Waals surface area (Å²) in [5.41, 5.74) is 1.66. The molecule has 0 bridgehead atoms. The van der Waals surface area contributed by atoms with Gasteiger partial charge in [0.05, 0.1) is 18.6 Å². The smallest absolute Gasteiger partial charge is 0.408 e. The van der Waals surface area contributed by atoms with Crippen molar-refractivity contribution < 1.29 is 29.0 Å². The zero-order valence-electron chi connectivity index (χ0n) is 30.2. The Bertz CT molecular complexity index is 1510. The van der Waals surface area contributed by atoms with E-state index in [9.17, 15) is 24.3 Å². The Labute approximate surface area is 297 Å². The van der Waals surface area contributed by atoms with Crippen LogP contribution in [0.15, 0.2) is 72.8 Å². The average Bonchev–Trinajstić information content (AvgIpc) is 3.13. The summed E-state index contributed by atoms with van der Waals surface area (Å²) in [7, 11) is 0. The normalized spacial score (nSPS) is 14.8. The van der Waals surface area contributed by atoms with E-state index < -0.39 is 42.1 Å². The van der Waals surface area contributed by atoms with E-state index in [0.717, 1.165) is 34.7 Å². The summed E-state index contributed by atoms with van der Waals surface area (Å²) in [5.74, 6) is -1.09. The standard InChI is InChI=1S/C40H56N4O6/c1-6-9-22-33(38(47)44-37(28(5)8-3)35(45)24-36(46)41-25-27(4)7-2)42-39(48)34(43-40(49)50-26-29-16-11-10-12-17-29)23-31-20-15-19-30-18-13-14-21-32(30)31/h10-21,27-28,33-35,37,45H,6-9,22-26H2,1-5H3,(H,41,46)(H,42,48)(H,43,49)(H,44,47)/t27?,28?,33-,34-,35-,37-/m0/s1. The molecule has 0 aliphatic carbocycles. The zero-order chi connectivity index (χ0) is 36.5. The van der Waals surface area contributed by atoms with Crippen LogP contribution < -0.4 is 21.3 Å². The highest BCUT2D eigenvalue weighted by molar-refractivity contribution is 5.92. The lowest BCUT2D eigenvalue weighted by atomic mass is 9.91. The van der Waals surface area contributed by atoms with E-state index in [1.54, 1.807) is 0 Å². The van der Waals surface area contributed by atoms with Crippen LogP contribution in [-0.4, -0.2) is 59.7 Å². The van der Waals surface area contributed by atoms with Gasteiger partial charge in [-0.05, 0) is 40.2 Å². The van der Waals surface area contributed by atoms with Gasteiger partial charge in [-0.15, -0.1) is 0 Å². The number of alkyl carbamates (subject to hydrolysis) is 1. The molecule has 0 saturated carbocycles. The molecule has 10 heteroatoms. The molecule has 5 N–H and O–H groups in total. The van der Waals surface area contributed by atoms with Gasteiger partial charge in [0.15, 0.2) is 0 Å². The minimum absolute atomic E-state index is 0.0335. The number of carbonyl (C=O) groups is 4. The van der Waals surface area contributed by atoms with E-state index in [1.165, 1.54) is 0 Å². The van der Waals surface area contributed by atoms with Crippen molar-refractivity contribution in [3.63, 3.8) is 0 Å². The average molecular weight is 689 g/mol. The van der Waals surface area contributed by atoms with E-state index in [2.05, 4.69) is 21.3 Å². The number of fused-ring (bicyclic) bond motifs is 1. The van der Waals surface area contributed by atoms with Crippen LogP contribution in [0, 0.1) is 11.8 Å². The Hall–Kier alpha value is -4.44. The Morgan fingerprint density at radius 3 is 2.16 bits per heavy atom. The number of hydrogen-bond acceptors (Lipinski definition) is 6. The SMILES string of the molecule is CCCC[C@H](NC(=O)[C@H](Cc1cccc2ccccc12)NC(=O)OCc1ccccc1)C(=O)N[C@@H](C(C)CC)[C@@H](O)CC(=O)NCC(C)CC. The van der Waals surface area contributed by atoms with E-state index in [4.69, 9.17) is 4.74 Å². The van der Waals surface area contributed by atoms with Crippen molar-refractivity contribution in [1.29, 1.82) is 0 Å². The van der Waals surface area contributed by atoms with Gasteiger partial charge in [-0.3, -0.25) is 14.4 Å². The number of hydrogen-bond donors (Lipinski definition) is 5. The Morgan fingerprint density at radius 2 is 1.46 bits per heavy atom. The predicted molar refractivity (Wildman–Crippen MR) is 197 cm³/mol. The van der Waals surface area contributed by atoms with Gasteiger partial charge in [-0.25, -0.2) is 4.79 Å². The molecule has 0 fully saturated rings. The third-order valence-electron chi connectivity index (χ3n) is 9.32. The number of aliphatic hydroxyl groups excluding tert-OH is 1. The van der Waals surface area contributed by atoms with Crippen molar-refractivity contribution in [2.45, 2.75) is 110 Å². The number of ether oxygens (including phenoxy) is 1. The Kier molecular flexibility index (Phi) is 16.7. The maximum absolute atomic E-state index is 14.0. The number of benzene rings is 3. The molecular formula is C40H56N4O6. The predicted octanol–water partition coefficient (Wildman–Crippen LogP) is 5.80. The summed E-state index contributed by atoms with van der Waals surface area (Å²) in [6.07, 6.45) is 1.52. The summed E-state index contributed by atoms with van der Waals surface area (Å²) >= 11 is 0. The molecule has 3 rings (SSSR count). The third-order valence-corrected chi connectivity index (χ3v) is 9.32. The van der Waals surface area contributed by atoms with Crippen LogP contribution in [0.2, 0.25) is 0 Å². The van der Waals surface area contributed by atoms with Gasteiger partial charge in [0.1, 0.15) is 18.7 Å². The molecule has 2 unspecified atom stereocenters. The first-order valence-corrected chi connectivity index (χ1v) is 18.0. The first-order chi connectivity index (χ1) is 24.1. The third kappa shape index (κ3) is 12.8. The lowest BCUT2D eigenvalue weighted by molar-refractivity contribution is -0.132. The highest BCUT2D eigenvalue weighted by Crippen LogP contribution is 2.21. The molecule has 3 aromatic carbocycles. The van der Waals surface area contributed by atoms with Crippen LogP contribution in [0.25, 0.3) is 10.8 Å². The maximum Gasteiger partial charge on any atom is 0.408 e. The van der Waals surface area contributed by atoms with E-state index >= 15 is 0 Å².